The van der Waals surface area contributed by atoms with Gasteiger partial charge in [0.15, 0.2) is 0 Å². The Hall–Kier alpha value is -2.93. The summed E-state index contributed by atoms with van der Waals surface area (Å²) in [5.41, 5.74) is 1.47. The highest BCUT2D eigenvalue weighted by Crippen LogP contribution is 2.24. The van der Waals surface area contributed by atoms with Gasteiger partial charge in [0.1, 0.15) is 11.4 Å². The molecule has 0 saturated carbocycles. The van der Waals surface area contributed by atoms with Crippen LogP contribution >= 0.6 is 11.5 Å². The molecule has 144 valence electrons. The molecule has 28 heavy (non-hydrogen) atoms. The molecule has 2 heterocycles. The second-order valence-corrected chi connectivity index (χ2v) is 7.53. The molecule has 0 atom stereocenters. The van der Waals surface area contributed by atoms with Gasteiger partial charge in [-0.3, -0.25) is 9.59 Å². The molecule has 6 nitrogen and oxygen atoms in total. The number of methoxy groups -OCH3 is 1. The van der Waals surface area contributed by atoms with Gasteiger partial charge in [0.2, 0.25) is 5.91 Å². The number of carbonyl (C=O) groups is 2. The average molecular weight is 395 g/mol. The third kappa shape index (κ3) is 3.71. The minimum Gasteiger partial charge on any atom is -0.497 e. The molecule has 1 fully saturated rings. The Labute approximate surface area is 167 Å². The molecular weight excluding hydrogens is 374 g/mol. The molecule has 0 aliphatic carbocycles. The summed E-state index contributed by atoms with van der Waals surface area (Å²) in [6, 6.07) is 15.3. The van der Waals surface area contributed by atoms with Gasteiger partial charge < -0.3 is 14.5 Å². The third-order valence-corrected chi connectivity index (χ3v) is 5.84. The zero-order valence-corrected chi connectivity index (χ0v) is 16.4. The van der Waals surface area contributed by atoms with Crippen LogP contribution in [0.25, 0.3) is 10.1 Å². The van der Waals surface area contributed by atoms with Gasteiger partial charge in [-0.25, -0.2) is 0 Å². The van der Waals surface area contributed by atoms with Crippen LogP contribution in [-0.4, -0.2) is 59.3 Å². The van der Waals surface area contributed by atoms with E-state index in [9.17, 15) is 9.59 Å². The number of rotatable bonds is 4. The lowest BCUT2D eigenvalue weighted by Gasteiger charge is -2.34. The smallest absolute Gasteiger partial charge is 0.274 e. The fourth-order valence-corrected chi connectivity index (χ4v) is 4.15. The van der Waals surface area contributed by atoms with E-state index in [1.54, 1.807) is 12.0 Å². The van der Waals surface area contributed by atoms with E-state index in [0.29, 0.717) is 38.3 Å². The van der Waals surface area contributed by atoms with Gasteiger partial charge in [0.05, 0.1) is 18.2 Å². The first-order chi connectivity index (χ1) is 13.7. The zero-order valence-electron chi connectivity index (χ0n) is 15.6. The van der Waals surface area contributed by atoms with Crippen molar-refractivity contribution in [2.45, 2.75) is 6.42 Å². The first kappa shape index (κ1) is 18.4. The standard InChI is InChI=1S/C21H21N3O3S/c1-27-16-8-6-15(7-9-16)14-19(25)23-10-12-24(13-11-23)21(26)20-17-4-2-3-5-18(17)28-22-20/h2-9H,10-14H2,1H3. The highest BCUT2D eigenvalue weighted by atomic mass is 32.1. The number of benzene rings is 2. The second-order valence-electron chi connectivity index (χ2n) is 6.73. The van der Waals surface area contributed by atoms with Gasteiger partial charge in [0.25, 0.3) is 5.91 Å². The van der Waals surface area contributed by atoms with Gasteiger partial charge in [-0.2, -0.15) is 4.37 Å². The lowest BCUT2D eigenvalue weighted by molar-refractivity contribution is -0.131. The molecule has 4 rings (SSSR count). The van der Waals surface area contributed by atoms with E-state index in [0.717, 1.165) is 21.4 Å². The minimum absolute atomic E-state index is 0.0558. The number of piperazine rings is 1. The predicted octanol–water partition coefficient (Wildman–Crippen LogP) is 2.83. The molecule has 1 saturated heterocycles. The maximum Gasteiger partial charge on any atom is 0.274 e. The molecule has 0 radical (unpaired) electrons. The zero-order chi connectivity index (χ0) is 19.5. The first-order valence-corrected chi connectivity index (χ1v) is 9.97. The van der Waals surface area contributed by atoms with Crippen molar-refractivity contribution in [2.75, 3.05) is 33.3 Å². The molecule has 1 aliphatic rings. The van der Waals surface area contributed by atoms with Crippen LogP contribution in [0.2, 0.25) is 0 Å². The highest BCUT2D eigenvalue weighted by molar-refractivity contribution is 7.13. The van der Waals surface area contributed by atoms with Gasteiger partial charge >= 0.3 is 0 Å². The van der Waals surface area contributed by atoms with Crippen molar-refractivity contribution in [3.8, 4) is 5.75 Å². The topological polar surface area (TPSA) is 62.7 Å². The van der Waals surface area contributed by atoms with Crippen LogP contribution in [0.5, 0.6) is 5.75 Å². The SMILES string of the molecule is COc1ccc(CC(=O)N2CCN(C(=O)c3nsc4ccccc34)CC2)cc1. The average Bonchev–Trinajstić information content (AvgIpc) is 3.18. The Morgan fingerprint density at radius 1 is 1.00 bits per heavy atom. The van der Waals surface area contributed by atoms with Crippen LogP contribution < -0.4 is 4.74 Å². The number of ether oxygens (including phenoxy) is 1. The summed E-state index contributed by atoms with van der Waals surface area (Å²) in [5, 5.41) is 0.899. The molecule has 2 amide bonds. The van der Waals surface area contributed by atoms with Crippen LogP contribution in [-0.2, 0) is 11.2 Å². The summed E-state index contributed by atoms with van der Waals surface area (Å²) in [6.07, 6.45) is 0.356. The Morgan fingerprint density at radius 3 is 2.39 bits per heavy atom. The number of hydrogen-bond acceptors (Lipinski definition) is 5. The van der Waals surface area contributed by atoms with Crippen molar-refractivity contribution in [3.63, 3.8) is 0 Å². The molecule has 0 N–H and O–H groups in total. The van der Waals surface area contributed by atoms with Crippen molar-refractivity contribution in [1.29, 1.82) is 0 Å². The Morgan fingerprint density at radius 2 is 1.68 bits per heavy atom. The number of fused-ring (bicyclic) bond motifs is 1. The van der Waals surface area contributed by atoms with E-state index in [1.165, 1.54) is 11.5 Å². The van der Waals surface area contributed by atoms with Crippen molar-refractivity contribution in [2.24, 2.45) is 0 Å². The van der Waals surface area contributed by atoms with Crippen LogP contribution in [0.3, 0.4) is 0 Å². The van der Waals surface area contributed by atoms with Crippen LogP contribution in [0, 0.1) is 0 Å². The second kappa shape index (κ2) is 7.98. The van der Waals surface area contributed by atoms with E-state index in [-0.39, 0.29) is 11.8 Å². The minimum atomic E-state index is -0.0558. The Bertz CT molecular complexity index is 992. The fourth-order valence-electron chi connectivity index (χ4n) is 3.38. The lowest BCUT2D eigenvalue weighted by atomic mass is 10.1. The van der Waals surface area contributed by atoms with E-state index in [4.69, 9.17) is 4.74 Å². The third-order valence-electron chi connectivity index (χ3n) is 5.01. The number of hydrogen-bond donors (Lipinski definition) is 0. The molecule has 0 bridgehead atoms. The molecule has 0 unspecified atom stereocenters. The van der Waals surface area contributed by atoms with Crippen LogP contribution in [0.4, 0.5) is 0 Å². The van der Waals surface area contributed by atoms with Crippen LogP contribution in [0.15, 0.2) is 48.5 Å². The van der Waals surface area contributed by atoms with Crippen molar-refractivity contribution >= 4 is 33.4 Å². The summed E-state index contributed by atoms with van der Waals surface area (Å²) < 4.78 is 10.5. The molecular formula is C21H21N3O3S. The van der Waals surface area contributed by atoms with Crippen LogP contribution in [0.1, 0.15) is 16.1 Å². The summed E-state index contributed by atoms with van der Waals surface area (Å²) in [6.45, 7) is 2.14. The number of carbonyl (C=O) groups excluding carboxylic acids is 2. The first-order valence-electron chi connectivity index (χ1n) is 9.20. The van der Waals surface area contributed by atoms with Crippen molar-refractivity contribution in [1.82, 2.24) is 14.2 Å². The molecule has 2 aromatic carbocycles. The quantitative estimate of drug-likeness (QED) is 0.682. The van der Waals surface area contributed by atoms with Gasteiger partial charge in [0, 0.05) is 31.6 Å². The summed E-state index contributed by atoms with van der Waals surface area (Å²) >= 11 is 1.34. The summed E-state index contributed by atoms with van der Waals surface area (Å²) in [5.74, 6) is 0.800. The molecule has 1 aromatic heterocycles. The molecule has 3 aromatic rings. The van der Waals surface area contributed by atoms with Gasteiger partial charge in [-0.05, 0) is 35.3 Å². The maximum atomic E-state index is 12.9. The van der Waals surface area contributed by atoms with E-state index in [2.05, 4.69) is 4.37 Å². The van der Waals surface area contributed by atoms with E-state index in [1.807, 2.05) is 53.4 Å². The predicted molar refractivity (Wildman–Crippen MR) is 109 cm³/mol. The van der Waals surface area contributed by atoms with E-state index < -0.39 is 0 Å². The maximum absolute atomic E-state index is 12.9. The number of nitrogens with zero attached hydrogens (tertiary/aromatic N) is 3. The largest absolute Gasteiger partial charge is 0.497 e. The Kier molecular flexibility index (Phi) is 5.25. The normalized spacial score (nSPS) is 14.3. The number of amides is 2. The van der Waals surface area contributed by atoms with Crippen molar-refractivity contribution in [3.05, 3.63) is 59.8 Å². The monoisotopic (exact) mass is 395 g/mol. The lowest BCUT2D eigenvalue weighted by Crippen LogP contribution is -2.51. The molecule has 0 spiro atoms. The van der Waals surface area contributed by atoms with Crippen molar-refractivity contribution < 1.29 is 14.3 Å². The summed E-state index contributed by atoms with van der Waals surface area (Å²) in [7, 11) is 1.62. The Balaban J connectivity index is 1.36. The summed E-state index contributed by atoms with van der Waals surface area (Å²) in [4.78, 5) is 29.1. The molecule has 7 heteroatoms. The fraction of sp³-hybridized carbons (Fsp3) is 0.286. The van der Waals surface area contributed by atoms with Gasteiger partial charge in [-0.1, -0.05) is 30.3 Å². The van der Waals surface area contributed by atoms with Gasteiger partial charge in [-0.15, -0.1) is 0 Å². The van der Waals surface area contributed by atoms with E-state index >= 15 is 0 Å². The highest BCUT2D eigenvalue weighted by Gasteiger charge is 2.27. The number of aromatic nitrogens is 1. The molecule has 1 aliphatic heterocycles.